The van der Waals surface area contributed by atoms with Crippen molar-refractivity contribution in [2.75, 3.05) is 5.32 Å². The number of aliphatic hydroxyl groups is 1. The van der Waals surface area contributed by atoms with E-state index in [9.17, 15) is 9.90 Å². The first-order chi connectivity index (χ1) is 10.0. The van der Waals surface area contributed by atoms with Crippen LogP contribution in [0.3, 0.4) is 0 Å². The Morgan fingerprint density at radius 1 is 1.38 bits per heavy atom. The molecule has 0 aliphatic rings. The minimum Gasteiger partial charge on any atom is -0.389 e. The third-order valence-corrected chi connectivity index (χ3v) is 2.89. The molecular formula is C15H18N4O2. The Labute approximate surface area is 123 Å². The van der Waals surface area contributed by atoms with Gasteiger partial charge in [0.25, 0.3) is 0 Å². The number of aliphatic hydroxyl groups excluding tert-OH is 1. The summed E-state index contributed by atoms with van der Waals surface area (Å²) in [6.45, 7) is 3.80. The first-order valence-corrected chi connectivity index (χ1v) is 6.66. The van der Waals surface area contributed by atoms with Crippen molar-refractivity contribution in [3.05, 3.63) is 53.6 Å². The Morgan fingerprint density at radius 2 is 2.19 bits per heavy atom. The molecule has 2 aromatic rings. The van der Waals surface area contributed by atoms with Crippen molar-refractivity contribution in [2.45, 2.75) is 26.5 Å². The van der Waals surface area contributed by atoms with E-state index >= 15 is 0 Å². The zero-order valence-corrected chi connectivity index (χ0v) is 12.0. The van der Waals surface area contributed by atoms with E-state index in [0.29, 0.717) is 18.1 Å². The minimum atomic E-state index is -0.571. The summed E-state index contributed by atoms with van der Waals surface area (Å²) in [7, 11) is 0. The molecule has 2 rings (SSSR count). The van der Waals surface area contributed by atoms with Gasteiger partial charge in [0.15, 0.2) is 0 Å². The fourth-order valence-electron chi connectivity index (χ4n) is 1.83. The molecule has 0 spiro atoms. The van der Waals surface area contributed by atoms with E-state index in [1.807, 2.05) is 0 Å². The van der Waals surface area contributed by atoms with E-state index in [-0.39, 0.29) is 6.03 Å². The first kappa shape index (κ1) is 14.9. The highest BCUT2D eigenvalue weighted by molar-refractivity contribution is 5.89. The van der Waals surface area contributed by atoms with Crippen LogP contribution < -0.4 is 10.6 Å². The predicted octanol–water partition coefficient (Wildman–Crippen LogP) is 2.16. The van der Waals surface area contributed by atoms with Crippen molar-refractivity contribution in [3.63, 3.8) is 0 Å². The van der Waals surface area contributed by atoms with Gasteiger partial charge in [-0.1, -0.05) is 12.1 Å². The molecule has 6 heteroatoms. The molecule has 6 nitrogen and oxygen atoms in total. The zero-order valence-electron chi connectivity index (χ0n) is 12.0. The van der Waals surface area contributed by atoms with Crippen LogP contribution in [-0.2, 0) is 6.54 Å². The highest BCUT2D eigenvalue weighted by atomic mass is 16.3. The standard InChI is InChI=1S/C15H18N4O2/c1-10(20)12-4-3-5-13(8-12)19-15(21)17-9-14-6-7-16-11(2)18-14/h3-8,10,20H,9H2,1-2H3,(H2,17,19,21). The summed E-state index contributed by atoms with van der Waals surface area (Å²) in [6, 6.07) is 8.51. The molecule has 2 amide bonds. The number of carbonyl (C=O) groups excluding carboxylic acids is 1. The van der Waals surface area contributed by atoms with Gasteiger partial charge >= 0.3 is 6.03 Å². The molecule has 110 valence electrons. The van der Waals surface area contributed by atoms with Crippen LogP contribution >= 0.6 is 0 Å². The molecule has 0 aliphatic carbocycles. The van der Waals surface area contributed by atoms with Crippen LogP contribution in [0.2, 0.25) is 0 Å². The molecule has 1 aromatic carbocycles. The number of amides is 2. The SMILES string of the molecule is Cc1nccc(CNC(=O)Nc2cccc(C(C)O)c2)n1. The Balaban J connectivity index is 1.91. The maximum Gasteiger partial charge on any atom is 0.319 e. The number of anilines is 1. The van der Waals surface area contributed by atoms with Gasteiger partial charge in [-0.05, 0) is 37.6 Å². The zero-order chi connectivity index (χ0) is 15.2. The second-order valence-electron chi connectivity index (χ2n) is 4.70. The van der Waals surface area contributed by atoms with Gasteiger partial charge < -0.3 is 15.7 Å². The topological polar surface area (TPSA) is 87.1 Å². The summed E-state index contributed by atoms with van der Waals surface area (Å²) >= 11 is 0. The molecular weight excluding hydrogens is 268 g/mol. The number of rotatable bonds is 4. The fourth-order valence-corrected chi connectivity index (χ4v) is 1.83. The number of urea groups is 1. The molecule has 0 bridgehead atoms. The van der Waals surface area contributed by atoms with Gasteiger partial charge in [0.1, 0.15) is 5.82 Å². The summed E-state index contributed by atoms with van der Waals surface area (Å²) in [5, 5.41) is 15.0. The molecule has 0 saturated heterocycles. The maximum absolute atomic E-state index is 11.8. The van der Waals surface area contributed by atoms with Crippen LogP contribution in [-0.4, -0.2) is 21.1 Å². The van der Waals surface area contributed by atoms with Gasteiger partial charge in [-0.2, -0.15) is 0 Å². The van der Waals surface area contributed by atoms with Crippen molar-refractivity contribution >= 4 is 11.7 Å². The van der Waals surface area contributed by atoms with E-state index in [1.54, 1.807) is 50.4 Å². The molecule has 21 heavy (non-hydrogen) atoms. The number of hydrogen-bond acceptors (Lipinski definition) is 4. The lowest BCUT2D eigenvalue weighted by Gasteiger charge is -2.10. The Bertz CT molecular complexity index is 629. The quantitative estimate of drug-likeness (QED) is 0.803. The number of nitrogens with one attached hydrogen (secondary N) is 2. The Morgan fingerprint density at radius 3 is 2.90 bits per heavy atom. The Kier molecular flexibility index (Phi) is 4.84. The summed E-state index contributed by atoms with van der Waals surface area (Å²) in [4.78, 5) is 20.0. The third-order valence-electron chi connectivity index (χ3n) is 2.89. The van der Waals surface area contributed by atoms with Crippen LogP contribution in [0.15, 0.2) is 36.5 Å². The van der Waals surface area contributed by atoms with Gasteiger partial charge in [0.2, 0.25) is 0 Å². The van der Waals surface area contributed by atoms with Crippen molar-refractivity contribution in [3.8, 4) is 0 Å². The lowest BCUT2D eigenvalue weighted by molar-refractivity contribution is 0.199. The van der Waals surface area contributed by atoms with Crippen LogP contribution in [0.4, 0.5) is 10.5 Å². The van der Waals surface area contributed by atoms with E-state index < -0.39 is 6.10 Å². The molecule has 3 N–H and O–H groups in total. The van der Waals surface area contributed by atoms with Crippen LogP contribution in [0.1, 0.15) is 30.1 Å². The minimum absolute atomic E-state index is 0.325. The number of nitrogens with zero attached hydrogens (tertiary/aromatic N) is 2. The van der Waals surface area contributed by atoms with E-state index in [2.05, 4.69) is 20.6 Å². The average Bonchev–Trinajstić information content (AvgIpc) is 2.45. The molecule has 1 heterocycles. The Hall–Kier alpha value is -2.47. The fraction of sp³-hybridized carbons (Fsp3) is 0.267. The highest BCUT2D eigenvalue weighted by Crippen LogP contribution is 2.16. The summed E-state index contributed by atoms with van der Waals surface area (Å²) in [5.41, 5.74) is 2.12. The molecule has 1 atom stereocenters. The first-order valence-electron chi connectivity index (χ1n) is 6.66. The smallest absolute Gasteiger partial charge is 0.319 e. The number of aryl methyl sites for hydroxylation is 1. The molecule has 0 saturated carbocycles. The number of aromatic nitrogens is 2. The number of carbonyl (C=O) groups is 1. The predicted molar refractivity (Wildman–Crippen MR) is 79.7 cm³/mol. The second-order valence-corrected chi connectivity index (χ2v) is 4.70. The highest BCUT2D eigenvalue weighted by Gasteiger charge is 2.05. The summed E-state index contributed by atoms with van der Waals surface area (Å²) in [6.07, 6.45) is 1.09. The normalized spacial score (nSPS) is 11.8. The van der Waals surface area contributed by atoms with Gasteiger partial charge in [-0.25, -0.2) is 14.8 Å². The largest absolute Gasteiger partial charge is 0.389 e. The second kappa shape index (κ2) is 6.81. The summed E-state index contributed by atoms with van der Waals surface area (Å²) in [5.74, 6) is 0.666. The van der Waals surface area contributed by atoms with Gasteiger partial charge in [0, 0.05) is 11.9 Å². The average molecular weight is 286 g/mol. The molecule has 1 unspecified atom stereocenters. The lowest BCUT2D eigenvalue weighted by atomic mass is 10.1. The van der Waals surface area contributed by atoms with Crippen LogP contribution in [0.5, 0.6) is 0 Å². The molecule has 0 aliphatic heterocycles. The maximum atomic E-state index is 11.8. The van der Waals surface area contributed by atoms with E-state index in [1.165, 1.54) is 0 Å². The van der Waals surface area contributed by atoms with Gasteiger partial charge in [-0.15, -0.1) is 0 Å². The third kappa shape index (κ3) is 4.54. The van der Waals surface area contributed by atoms with Gasteiger partial charge in [0.05, 0.1) is 18.3 Å². The van der Waals surface area contributed by atoms with Crippen LogP contribution in [0, 0.1) is 6.92 Å². The molecule has 1 aromatic heterocycles. The van der Waals surface area contributed by atoms with Crippen molar-refractivity contribution in [2.24, 2.45) is 0 Å². The van der Waals surface area contributed by atoms with Gasteiger partial charge in [-0.3, -0.25) is 0 Å². The van der Waals surface area contributed by atoms with Crippen LogP contribution in [0.25, 0.3) is 0 Å². The number of benzene rings is 1. The van der Waals surface area contributed by atoms with E-state index in [4.69, 9.17) is 0 Å². The molecule has 0 radical (unpaired) electrons. The van der Waals surface area contributed by atoms with Crippen molar-refractivity contribution in [1.29, 1.82) is 0 Å². The lowest BCUT2D eigenvalue weighted by Crippen LogP contribution is -2.28. The van der Waals surface area contributed by atoms with E-state index in [0.717, 1.165) is 11.3 Å². The van der Waals surface area contributed by atoms with Crippen molar-refractivity contribution in [1.82, 2.24) is 15.3 Å². The molecule has 0 fully saturated rings. The van der Waals surface area contributed by atoms with Crippen molar-refractivity contribution < 1.29 is 9.90 Å². The summed E-state index contributed by atoms with van der Waals surface area (Å²) < 4.78 is 0. The number of hydrogen-bond donors (Lipinski definition) is 3. The monoisotopic (exact) mass is 286 g/mol.